The third-order valence-corrected chi connectivity index (χ3v) is 16.1. The topological polar surface area (TPSA) is 364 Å². The maximum atomic E-state index is 12.8. The molecule has 1 aliphatic rings. The number of carbonyl (C=O) groups is 3. The Labute approximate surface area is 438 Å². The van der Waals surface area contributed by atoms with Crippen molar-refractivity contribution in [3.8, 4) is 0 Å². The van der Waals surface area contributed by atoms with E-state index in [0.29, 0.717) is 5.75 Å². The van der Waals surface area contributed by atoms with Crippen molar-refractivity contribution in [1.82, 2.24) is 30.2 Å². The molecule has 3 heterocycles. The zero-order chi connectivity index (χ0) is 54.8. The number of thioether (sulfide) groups is 1. The zero-order valence-electron chi connectivity index (χ0n) is 43.2. The first-order valence-electron chi connectivity index (χ1n) is 25.6. The maximum absolute atomic E-state index is 12.8. The van der Waals surface area contributed by atoms with Crippen LogP contribution < -0.4 is 16.4 Å². The molecule has 2 unspecified atom stereocenters. The van der Waals surface area contributed by atoms with Gasteiger partial charge in [0.2, 0.25) is 16.9 Å². The van der Waals surface area contributed by atoms with Crippen molar-refractivity contribution < 1.29 is 80.5 Å². The molecule has 24 nitrogen and oxygen atoms in total. The second-order valence-electron chi connectivity index (χ2n) is 19.6. The lowest BCUT2D eigenvalue weighted by molar-refractivity contribution is -0.137. The lowest BCUT2D eigenvalue weighted by Gasteiger charge is -2.30. The molecule has 0 aliphatic carbocycles. The number of nitrogens with two attached hydrogens (primary N) is 1. The van der Waals surface area contributed by atoms with Crippen LogP contribution in [0.4, 0.5) is 5.82 Å². The summed E-state index contributed by atoms with van der Waals surface area (Å²) in [6, 6.07) is 0. The smallest absolute Gasteiger partial charge is 0.386 e. The lowest BCUT2D eigenvalue weighted by Crippen LogP contribution is -2.46. The van der Waals surface area contributed by atoms with Crippen molar-refractivity contribution in [1.29, 1.82) is 0 Å². The normalized spacial score (nSPS) is 19.5. The number of aromatic nitrogens is 4. The molecule has 0 radical (unpaired) electrons. The highest BCUT2D eigenvalue weighted by molar-refractivity contribution is 8.14. The first-order valence-corrected chi connectivity index (χ1v) is 31.1. The molecule has 0 bridgehead atoms. The SMILES string of the molecule is CC(C)CCCCCCCCCCCCCCCCCCC/C=C/C(=O)SCCNC(=O)CCNC(=O)[C@@H](O)C(C)(C)COP(=O)(O)OP(=O)(O)OC[C@@H]1O[C@H](n2cnc3c(N)ncnc32)[C@@H](O)[C@H]1OP(=O)(O)O. The van der Waals surface area contributed by atoms with Gasteiger partial charge in [-0.05, 0) is 24.8 Å². The van der Waals surface area contributed by atoms with E-state index < -0.39 is 84.6 Å². The zero-order valence-corrected chi connectivity index (χ0v) is 46.7. The average molecular weight is 1130 g/mol. The molecule has 28 heteroatoms. The summed E-state index contributed by atoms with van der Waals surface area (Å²) in [5.41, 5.74) is 4.29. The van der Waals surface area contributed by atoms with Gasteiger partial charge in [0.15, 0.2) is 17.7 Å². The number of rotatable bonds is 40. The Hall–Kier alpha value is -2.70. The molecule has 2 aromatic heterocycles. The number of carbonyl (C=O) groups excluding carboxylic acids is 3. The summed E-state index contributed by atoms with van der Waals surface area (Å²) in [4.78, 5) is 88.5. The lowest BCUT2D eigenvalue weighted by atomic mass is 9.87. The largest absolute Gasteiger partial charge is 0.481 e. The minimum absolute atomic E-state index is 0.0330. The van der Waals surface area contributed by atoms with E-state index in [1.807, 2.05) is 6.08 Å². The molecule has 1 fully saturated rings. The van der Waals surface area contributed by atoms with Crippen molar-refractivity contribution in [2.24, 2.45) is 11.3 Å². The van der Waals surface area contributed by atoms with Crippen LogP contribution in [0.15, 0.2) is 24.8 Å². The van der Waals surface area contributed by atoms with Crippen molar-refractivity contribution in [3.05, 3.63) is 24.8 Å². The number of imidazole rings is 1. The van der Waals surface area contributed by atoms with E-state index in [1.54, 1.807) is 6.08 Å². The maximum Gasteiger partial charge on any atom is 0.481 e. The van der Waals surface area contributed by atoms with Crippen LogP contribution in [0.5, 0.6) is 0 Å². The van der Waals surface area contributed by atoms with E-state index in [-0.39, 0.29) is 41.6 Å². The Morgan fingerprint density at radius 1 is 0.838 bits per heavy atom. The third kappa shape index (κ3) is 26.1. The summed E-state index contributed by atoms with van der Waals surface area (Å²) in [5, 5.41) is 26.5. The molecule has 74 heavy (non-hydrogen) atoms. The van der Waals surface area contributed by atoms with Gasteiger partial charge in [0, 0.05) is 30.7 Å². The summed E-state index contributed by atoms with van der Waals surface area (Å²) in [5.74, 6) is -0.260. The van der Waals surface area contributed by atoms with Gasteiger partial charge in [-0.15, -0.1) is 0 Å². The number of aliphatic hydroxyl groups excluding tert-OH is 2. The van der Waals surface area contributed by atoms with E-state index >= 15 is 0 Å². The molecule has 10 N–H and O–H groups in total. The number of fused-ring (bicyclic) bond motifs is 1. The number of nitrogens with zero attached hydrogens (tertiary/aromatic N) is 4. The fourth-order valence-corrected chi connectivity index (χ4v) is 11.4. The van der Waals surface area contributed by atoms with E-state index in [4.69, 9.17) is 19.5 Å². The second-order valence-corrected chi connectivity index (χ2v) is 25.0. The van der Waals surface area contributed by atoms with Gasteiger partial charge in [-0.3, -0.25) is 32.5 Å². The fraction of sp³-hybridized carbons (Fsp3) is 0.783. The summed E-state index contributed by atoms with van der Waals surface area (Å²) >= 11 is 1.07. The Balaban J connectivity index is 1.23. The number of nitrogen functional groups attached to an aromatic ring is 1. The van der Waals surface area contributed by atoms with Gasteiger partial charge in [0.1, 0.15) is 36.3 Å². The van der Waals surface area contributed by atoms with Crippen molar-refractivity contribution in [2.75, 3.05) is 37.8 Å². The van der Waals surface area contributed by atoms with Crippen LogP contribution in [0.2, 0.25) is 0 Å². The number of phosphoric acid groups is 3. The standard InChI is InChI=1S/C46H82N7O17P3S/c1-34(2)24-22-20-18-16-14-12-10-8-6-5-7-9-11-13-15-17-19-21-23-25-37(55)74-29-28-48-36(54)26-27-49-44(58)41(57)46(3,4)31-67-73(64,65)70-72(62,63)66-30-35-40(69-71(59,60)61)39(56)45(68-35)53-33-52-38-42(47)50-32-51-43(38)53/h23,25,32-35,39-41,45,56-57H,5-22,24,26-31H2,1-4H3,(H,48,54)(H,49,58)(H,62,63)(H,64,65)(H2,47,50,51)(H2,59,60,61)/b25-23+/t35-,39-,40-,41+,45-/m0/s1. The quantitative estimate of drug-likeness (QED) is 0.0180. The van der Waals surface area contributed by atoms with Crippen molar-refractivity contribution in [3.63, 3.8) is 0 Å². The molecule has 0 aromatic carbocycles. The number of allylic oxidation sites excluding steroid dienone is 1. The molecule has 3 rings (SSSR count). The van der Waals surface area contributed by atoms with Gasteiger partial charge in [0.05, 0.1) is 19.5 Å². The Bertz CT molecular complexity index is 2180. The number of hydrogen-bond acceptors (Lipinski definition) is 18. The van der Waals surface area contributed by atoms with Crippen LogP contribution in [0.1, 0.15) is 162 Å². The molecule has 2 amide bonds. The number of amides is 2. The molecule has 2 aromatic rings. The predicted molar refractivity (Wildman–Crippen MR) is 279 cm³/mol. The van der Waals surface area contributed by atoms with Gasteiger partial charge in [-0.2, -0.15) is 4.31 Å². The second kappa shape index (κ2) is 33.6. The van der Waals surface area contributed by atoms with Crippen LogP contribution in [0, 0.1) is 11.3 Å². The highest BCUT2D eigenvalue weighted by Gasteiger charge is 2.50. The number of hydrogen-bond donors (Lipinski definition) is 9. The van der Waals surface area contributed by atoms with E-state index in [1.165, 1.54) is 117 Å². The van der Waals surface area contributed by atoms with Gasteiger partial charge in [-0.25, -0.2) is 28.6 Å². The Kier molecular flexibility index (Phi) is 29.7. The minimum atomic E-state index is -5.58. The first-order chi connectivity index (χ1) is 34.9. The van der Waals surface area contributed by atoms with Gasteiger partial charge in [-0.1, -0.05) is 155 Å². The Morgan fingerprint density at radius 2 is 1.41 bits per heavy atom. The fourth-order valence-electron chi connectivity index (χ4n) is 7.98. The van der Waals surface area contributed by atoms with Crippen LogP contribution in [0.3, 0.4) is 0 Å². The van der Waals surface area contributed by atoms with E-state index in [9.17, 15) is 57.9 Å². The van der Waals surface area contributed by atoms with Crippen molar-refractivity contribution >= 4 is 69.1 Å². The van der Waals surface area contributed by atoms with Gasteiger partial charge >= 0.3 is 23.5 Å². The van der Waals surface area contributed by atoms with Gasteiger partial charge < -0.3 is 50.9 Å². The molecule has 0 spiro atoms. The minimum Gasteiger partial charge on any atom is -0.386 e. The highest BCUT2D eigenvalue weighted by atomic mass is 32.2. The number of aliphatic hydroxyl groups is 2. The number of phosphoric ester groups is 3. The predicted octanol–water partition coefficient (Wildman–Crippen LogP) is 7.29. The van der Waals surface area contributed by atoms with Crippen LogP contribution >= 0.6 is 35.2 Å². The number of anilines is 1. The molecular formula is C46H82N7O17P3S. The van der Waals surface area contributed by atoms with Crippen LogP contribution in [-0.4, -0.2) is 123 Å². The number of ether oxygens (including phenoxy) is 1. The summed E-state index contributed by atoms with van der Waals surface area (Å²) in [6.45, 7) is 5.14. The highest BCUT2D eigenvalue weighted by Crippen LogP contribution is 2.61. The number of unbranched alkanes of at least 4 members (excludes halogenated alkanes) is 17. The van der Waals surface area contributed by atoms with Crippen LogP contribution in [0.25, 0.3) is 11.2 Å². The van der Waals surface area contributed by atoms with E-state index in [0.717, 1.165) is 54.2 Å². The molecule has 424 valence electrons. The van der Waals surface area contributed by atoms with Gasteiger partial charge in [0.25, 0.3) is 0 Å². The summed E-state index contributed by atoms with van der Waals surface area (Å²) in [7, 11) is -16.4. The third-order valence-electron chi connectivity index (χ3n) is 12.2. The van der Waals surface area contributed by atoms with E-state index in [2.05, 4.69) is 48.3 Å². The molecular weight excluding hydrogens is 1050 g/mol. The monoisotopic (exact) mass is 1130 g/mol. The van der Waals surface area contributed by atoms with Crippen molar-refractivity contribution in [2.45, 2.75) is 187 Å². The summed E-state index contributed by atoms with van der Waals surface area (Å²) in [6.07, 6.45) is 21.1. The molecule has 0 saturated carbocycles. The van der Waals surface area contributed by atoms with Crippen LogP contribution in [-0.2, 0) is 50.7 Å². The number of nitrogens with one attached hydrogen (secondary N) is 2. The molecule has 1 saturated heterocycles. The Morgan fingerprint density at radius 3 is 1.99 bits per heavy atom. The summed E-state index contributed by atoms with van der Waals surface area (Å²) < 4.78 is 62.5. The molecule has 1 aliphatic heterocycles. The average Bonchev–Trinajstić information content (AvgIpc) is 3.88. The molecule has 7 atom stereocenters. The first kappa shape index (κ1) is 65.6.